The van der Waals surface area contributed by atoms with Crippen LogP contribution in [0.1, 0.15) is 22.8 Å². The molecule has 144 valence electrons. The molecule has 0 saturated heterocycles. The predicted molar refractivity (Wildman–Crippen MR) is 119 cm³/mol. The molecule has 28 heavy (non-hydrogen) atoms. The van der Waals surface area contributed by atoms with E-state index in [4.69, 9.17) is 5.84 Å². The number of benzene rings is 2. The number of carbonyl (C=O) groups is 1. The van der Waals surface area contributed by atoms with Gasteiger partial charge in [-0.15, -0.1) is 10.2 Å². The number of rotatable bonds is 7. The van der Waals surface area contributed by atoms with Crippen LogP contribution in [0.25, 0.3) is 0 Å². The molecule has 1 heterocycles. The minimum Gasteiger partial charge on any atom is -0.334 e. The van der Waals surface area contributed by atoms with Crippen LogP contribution in [0.4, 0.5) is 5.95 Å². The number of hydrogen-bond donors (Lipinski definition) is 2. The zero-order chi connectivity index (χ0) is 20.1. The van der Waals surface area contributed by atoms with Gasteiger partial charge in [0.15, 0.2) is 5.78 Å². The van der Waals surface area contributed by atoms with E-state index < -0.39 is 0 Å². The Bertz CT molecular complexity index is 1000. The molecule has 0 aliphatic heterocycles. The maximum atomic E-state index is 12.3. The van der Waals surface area contributed by atoms with E-state index >= 15 is 0 Å². The molecule has 0 unspecified atom stereocenters. The van der Waals surface area contributed by atoms with Crippen LogP contribution in [0.3, 0.4) is 0 Å². The van der Waals surface area contributed by atoms with Gasteiger partial charge < -0.3 is 5.84 Å². The van der Waals surface area contributed by atoms with E-state index in [1.165, 1.54) is 16.4 Å². The summed E-state index contributed by atoms with van der Waals surface area (Å²) in [6.45, 7) is 1.88. The van der Waals surface area contributed by atoms with Crippen molar-refractivity contribution >= 4 is 61.1 Å². The first-order chi connectivity index (χ1) is 13.4. The lowest BCUT2D eigenvalue weighted by Crippen LogP contribution is -2.14. The summed E-state index contributed by atoms with van der Waals surface area (Å²) in [6.07, 6.45) is 0. The minimum absolute atomic E-state index is 0.0147. The van der Waals surface area contributed by atoms with Crippen LogP contribution in [0.2, 0.25) is 0 Å². The van der Waals surface area contributed by atoms with Crippen molar-refractivity contribution in [1.29, 1.82) is 0 Å². The summed E-state index contributed by atoms with van der Waals surface area (Å²) in [5.74, 6) is 6.49. The predicted octanol–water partition coefficient (Wildman–Crippen LogP) is 4.33. The number of thioether (sulfide) groups is 1. The minimum atomic E-state index is -0.0147. The Hall–Kier alpha value is -2.17. The zero-order valence-corrected chi connectivity index (χ0v) is 18.8. The molecule has 0 bridgehead atoms. The molecule has 3 N–H and O–H groups in total. The summed E-state index contributed by atoms with van der Waals surface area (Å²) < 4.78 is 3.20. The Kier molecular flexibility index (Phi) is 6.87. The summed E-state index contributed by atoms with van der Waals surface area (Å²) in [5, 5.41) is 12.7. The Morgan fingerprint density at radius 1 is 1.07 bits per heavy atom. The number of nitrogens with two attached hydrogens (primary N) is 1. The van der Waals surface area contributed by atoms with Gasteiger partial charge in [-0.2, -0.15) is 5.10 Å². The molecule has 2 aromatic carbocycles. The summed E-state index contributed by atoms with van der Waals surface area (Å²) in [7, 11) is 0. The summed E-state index contributed by atoms with van der Waals surface area (Å²) in [4.78, 5) is 12.3. The second-order valence-electron chi connectivity index (χ2n) is 5.71. The number of hydrazone groups is 1. The van der Waals surface area contributed by atoms with Crippen LogP contribution >= 0.6 is 43.6 Å². The molecule has 0 radical (unpaired) electrons. The van der Waals surface area contributed by atoms with Gasteiger partial charge in [-0.05, 0) is 36.8 Å². The molecule has 0 saturated carbocycles. The zero-order valence-electron chi connectivity index (χ0n) is 14.8. The van der Waals surface area contributed by atoms with Crippen LogP contribution in [0.15, 0.2) is 67.7 Å². The third-order valence-corrected chi connectivity index (χ3v) is 5.75. The Morgan fingerprint density at radius 2 is 1.64 bits per heavy atom. The van der Waals surface area contributed by atoms with E-state index in [2.05, 4.69) is 52.6 Å². The highest BCUT2D eigenvalue weighted by Gasteiger charge is 2.13. The Balaban J connectivity index is 1.61. The van der Waals surface area contributed by atoms with Crippen LogP contribution in [-0.2, 0) is 0 Å². The molecule has 7 nitrogen and oxygen atoms in total. The maximum absolute atomic E-state index is 12.3. The molecule has 0 amide bonds. The number of Topliss-reactive ketones (excluding diaryl/α,β-unsaturated/α-hetero) is 1. The smallest absolute Gasteiger partial charge is 0.264 e. The van der Waals surface area contributed by atoms with Gasteiger partial charge >= 0.3 is 0 Å². The monoisotopic (exact) mass is 522 g/mol. The number of nitrogens with zero attached hydrogens (tertiary/aromatic N) is 4. The van der Waals surface area contributed by atoms with Crippen LogP contribution in [0, 0.1) is 0 Å². The van der Waals surface area contributed by atoms with Gasteiger partial charge in [0, 0.05) is 14.5 Å². The largest absolute Gasteiger partial charge is 0.334 e. The molecular weight excluding hydrogens is 508 g/mol. The highest BCUT2D eigenvalue weighted by Crippen LogP contribution is 2.19. The fourth-order valence-electron chi connectivity index (χ4n) is 2.19. The maximum Gasteiger partial charge on any atom is 0.264 e. The van der Waals surface area contributed by atoms with Gasteiger partial charge in [0.25, 0.3) is 5.95 Å². The lowest BCUT2D eigenvalue weighted by atomic mass is 10.1. The van der Waals surface area contributed by atoms with Crippen molar-refractivity contribution in [2.24, 2.45) is 5.10 Å². The van der Waals surface area contributed by atoms with Crippen LogP contribution < -0.4 is 11.3 Å². The van der Waals surface area contributed by atoms with E-state index in [-0.39, 0.29) is 17.5 Å². The SMILES string of the molecule is C/C(=N\Nc1nnc(SCC(=O)c2ccc(Br)cc2)n1N)c1ccc(Br)cc1. The molecule has 0 fully saturated rings. The molecule has 0 aliphatic rings. The van der Waals surface area contributed by atoms with Crippen molar-refractivity contribution < 1.29 is 4.79 Å². The van der Waals surface area contributed by atoms with Crippen molar-refractivity contribution in [1.82, 2.24) is 14.9 Å². The van der Waals surface area contributed by atoms with Crippen molar-refractivity contribution in [3.8, 4) is 0 Å². The Morgan fingerprint density at radius 3 is 2.25 bits per heavy atom. The number of carbonyl (C=O) groups excluding carboxylic acids is 1. The van der Waals surface area contributed by atoms with Crippen molar-refractivity contribution in [3.63, 3.8) is 0 Å². The standard InChI is InChI=1S/C18H16Br2N6OS/c1-11(12-2-6-14(19)7-3-12)22-23-17-24-25-18(26(17)21)28-10-16(27)13-4-8-15(20)9-5-13/h2-9H,10,21H2,1H3,(H,23,24)/b22-11+. The third kappa shape index (κ3) is 5.21. The number of ketones is 1. The van der Waals surface area contributed by atoms with Gasteiger partial charge in [0.05, 0.1) is 11.5 Å². The molecule has 0 aliphatic carbocycles. The van der Waals surface area contributed by atoms with Gasteiger partial charge in [-0.3, -0.25) is 4.79 Å². The van der Waals surface area contributed by atoms with E-state index in [1.54, 1.807) is 12.1 Å². The normalized spacial score (nSPS) is 11.5. The second-order valence-corrected chi connectivity index (χ2v) is 8.48. The van der Waals surface area contributed by atoms with E-state index in [9.17, 15) is 4.79 Å². The summed E-state index contributed by atoms with van der Waals surface area (Å²) in [6, 6.07) is 15.0. The third-order valence-electron chi connectivity index (χ3n) is 3.75. The molecule has 3 rings (SSSR count). The molecule has 0 atom stereocenters. The first kappa shape index (κ1) is 20.6. The van der Waals surface area contributed by atoms with Crippen LogP contribution in [-0.4, -0.2) is 32.1 Å². The lowest BCUT2D eigenvalue weighted by molar-refractivity contribution is 0.102. The lowest BCUT2D eigenvalue weighted by Gasteiger charge is -2.05. The number of nitrogens with one attached hydrogen (secondary N) is 1. The summed E-state index contributed by atoms with van der Waals surface area (Å²) in [5.41, 5.74) is 5.18. The molecule has 10 heteroatoms. The topological polar surface area (TPSA) is 98.2 Å². The van der Waals surface area contributed by atoms with Crippen molar-refractivity contribution in [3.05, 3.63) is 68.6 Å². The van der Waals surface area contributed by atoms with E-state index in [1.807, 2.05) is 43.3 Å². The number of hydrogen-bond acceptors (Lipinski definition) is 7. The number of aromatic nitrogens is 3. The van der Waals surface area contributed by atoms with Gasteiger partial charge in [0.2, 0.25) is 5.16 Å². The molecule has 1 aromatic heterocycles. The van der Waals surface area contributed by atoms with Crippen molar-refractivity contribution in [2.45, 2.75) is 12.1 Å². The first-order valence-corrected chi connectivity index (χ1v) is 10.7. The molecule has 3 aromatic rings. The second kappa shape index (κ2) is 9.35. The average molecular weight is 524 g/mol. The fourth-order valence-corrected chi connectivity index (χ4v) is 3.47. The highest BCUT2D eigenvalue weighted by molar-refractivity contribution is 9.10. The van der Waals surface area contributed by atoms with Crippen molar-refractivity contribution in [2.75, 3.05) is 17.0 Å². The number of anilines is 1. The highest BCUT2D eigenvalue weighted by atomic mass is 79.9. The van der Waals surface area contributed by atoms with Crippen LogP contribution in [0.5, 0.6) is 0 Å². The summed E-state index contributed by atoms with van der Waals surface area (Å²) >= 11 is 7.97. The number of halogens is 2. The van der Waals surface area contributed by atoms with E-state index in [0.717, 1.165) is 20.2 Å². The van der Waals surface area contributed by atoms with Gasteiger partial charge in [-0.25, -0.2) is 10.1 Å². The molecular formula is C18H16Br2N6OS. The fraction of sp³-hybridized carbons (Fsp3) is 0.111. The first-order valence-electron chi connectivity index (χ1n) is 8.12. The van der Waals surface area contributed by atoms with Gasteiger partial charge in [-0.1, -0.05) is 67.9 Å². The Labute approximate surface area is 183 Å². The van der Waals surface area contributed by atoms with Gasteiger partial charge in [0.1, 0.15) is 0 Å². The number of nitrogen functional groups attached to an aromatic ring is 1. The average Bonchev–Trinajstić information content (AvgIpc) is 3.05. The van der Waals surface area contributed by atoms with E-state index in [0.29, 0.717) is 10.7 Å². The molecule has 0 spiro atoms. The quantitative estimate of drug-likeness (QED) is 0.157.